The Hall–Kier alpha value is -1.36. The van der Waals surface area contributed by atoms with Crippen molar-refractivity contribution in [2.24, 2.45) is 0 Å². The summed E-state index contributed by atoms with van der Waals surface area (Å²) in [5.74, 6) is -0.577. The summed E-state index contributed by atoms with van der Waals surface area (Å²) in [4.78, 5) is 24.4. The van der Waals surface area contributed by atoms with E-state index in [4.69, 9.17) is 9.47 Å². The maximum absolute atomic E-state index is 12.2. The largest absolute Gasteiger partial charge is 0.462 e. The Morgan fingerprint density at radius 1 is 0.423 bits per heavy atom. The van der Waals surface area contributed by atoms with E-state index in [1.54, 1.807) is 0 Å². The summed E-state index contributed by atoms with van der Waals surface area (Å²) in [6.45, 7) is 4.17. The van der Waals surface area contributed by atoms with Crippen molar-refractivity contribution in [3.05, 3.63) is 12.2 Å². The molecule has 0 heterocycles. The first-order chi connectivity index (χ1) is 25.6. The van der Waals surface area contributed by atoms with Crippen LogP contribution in [-0.4, -0.2) is 36.4 Å². The minimum absolute atomic E-state index is 0.0603. The second-order valence-electron chi connectivity index (χ2n) is 15.8. The highest BCUT2D eigenvalue weighted by Crippen LogP contribution is 2.16. The van der Waals surface area contributed by atoms with Gasteiger partial charge in [0.15, 0.2) is 6.10 Å². The molecule has 0 fully saturated rings. The van der Waals surface area contributed by atoms with Crippen molar-refractivity contribution in [1.82, 2.24) is 0 Å². The highest BCUT2D eigenvalue weighted by Gasteiger charge is 2.16. The SMILES string of the molecule is CCCCCCCC/C=C\CCCCCCCCCCCC(=O)OC[C@H](CO)OC(=O)CCCCCCCCCCCCCCCCCCCCC. The molecule has 0 aromatic rings. The predicted octanol–water partition coefficient (Wildman–Crippen LogP) is 14.9. The van der Waals surface area contributed by atoms with Crippen LogP contribution in [0.5, 0.6) is 0 Å². The van der Waals surface area contributed by atoms with Gasteiger partial charge in [-0.25, -0.2) is 0 Å². The van der Waals surface area contributed by atoms with E-state index in [1.807, 2.05) is 0 Å². The Morgan fingerprint density at radius 3 is 1.04 bits per heavy atom. The summed E-state index contributed by atoms with van der Waals surface area (Å²) >= 11 is 0. The molecular weight excluding hydrogens is 645 g/mol. The Morgan fingerprint density at radius 2 is 0.712 bits per heavy atom. The summed E-state index contributed by atoms with van der Waals surface area (Å²) in [7, 11) is 0. The Bertz CT molecular complexity index is 750. The van der Waals surface area contributed by atoms with Crippen LogP contribution in [0.15, 0.2) is 12.2 Å². The lowest BCUT2D eigenvalue weighted by Gasteiger charge is -2.15. The molecule has 0 unspecified atom stereocenters. The number of aliphatic hydroxyl groups is 1. The van der Waals surface area contributed by atoms with E-state index in [0.717, 1.165) is 38.5 Å². The third-order valence-electron chi connectivity index (χ3n) is 10.6. The molecule has 0 spiro atoms. The molecule has 0 saturated carbocycles. The number of hydrogen-bond acceptors (Lipinski definition) is 5. The smallest absolute Gasteiger partial charge is 0.306 e. The van der Waals surface area contributed by atoms with E-state index in [9.17, 15) is 14.7 Å². The molecule has 0 rings (SSSR count). The van der Waals surface area contributed by atoms with Gasteiger partial charge in [0, 0.05) is 12.8 Å². The molecular formula is C47H90O5. The highest BCUT2D eigenvalue weighted by atomic mass is 16.6. The molecule has 0 aromatic heterocycles. The summed E-state index contributed by atoms with van der Waals surface area (Å²) in [6, 6.07) is 0. The molecule has 52 heavy (non-hydrogen) atoms. The van der Waals surface area contributed by atoms with Gasteiger partial charge in [0.25, 0.3) is 0 Å². The quantitative estimate of drug-likeness (QED) is 0.0383. The number of aliphatic hydroxyl groups excluding tert-OH is 1. The van der Waals surface area contributed by atoms with E-state index in [0.29, 0.717) is 12.8 Å². The van der Waals surface area contributed by atoms with E-state index in [1.165, 1.54) is 193 Å². The zero-order valence-electron chi connectivity index (χ0n) is 35.1. The Balaban J connectivity index is 3.47. The molecule has 0 bridgehead atoms. The lowest BCUT2D eigenvalue weighted by molar-refractivity contribution is -0.161. The van der Waals surface area contributed by atoms with Crippen LogP contribution >= 0.6 is 0 Å². The van der Waals surface area contributed by atoms with Gasteiger partial charge in [-0.3, -0.25) is 9.59 Å². The monoisotopic (exact) mass is 735 g/mol. The molecule has 308 valence electrons. The highest BCUT2D eigenvalue weighted by molar-refractivity contribution is 5.70. The zero-order chi connectivity index (χ0) is 37.8. The third kappa shape index (κ3) is 41.4. The van der Waals surface area contributed by atoms with Crippen molar-refractivity contribution in [2.45, 2.75) is 264 Å². The lowest BCUT2D eigenvalue weighted by atomic mass is 10.0. The zero-order valence-corrected chi connectivity index (χ0v) is 35.1. The van der Waals surface area contributed by atoms with Crippen LogP contribution in [0.4, 0.5) is 0 Å². The standard InChI is InChI=1S/C47H90O5/c1-3-5-7-9-11-13-15-17-19-21-23-25-27-29-31-33-35-37-39-41-46(49)51-44-45(43-48)52-47(50)42-40-38-36-34-32-30-28-26-24-22-20-18-16-14-12-10-8-6-4-2/h17,19,45,48H,3-16,18,20-44H2,1-2H3/b19-17-/t45-/m0/s1. The molecule has 0 aliphatic rings. The summed E-state index contributed by atoms with van der Waals surface area (Å²) in [5.41, 5.74) is 0. The summed E-state index contributed by atoms with van der Waals surface area (Å²) in [6.07, 6.45) is 51.5. The minimum atomic E-state index is -0.766. The Labute approximate surface area is 324 Å². The molecule has 0 aromatic carbocycles. The minimum Gasteiger partial charge on any atom is -0.462 e. The van der Waals surface area contributed by atoms with Gasteiger partial charge in [0.2, 0.25) is 0 Å². The van der Waals surface area contributed by atoms with Gasteiger partial charge in [0.05, 0.1) is 6.61 Å². The number of ether oxygens (including phenoxy) is 2. The van der Waals surface area contributed by atoms with Crippen molar-refractivity contribution < 1.29 is 24.2 Å². The topological polar surface area (TPSA) is 72.8 Å². The Kier molecular flexibility index (Phi) is 42.9. The average molecular weight is 735 g/mol. The van der Waals surface area contributed by atoms with Gasteiger partial charge < -0.3 is 14.6 Å². The fraction of sp³-hybridized carbons (Fsp3) is 0.915. The number of allylic oxidation sites excluding steroid dienone is 2. The van der Waals surface area contributed by atoms with E-state index in [2.05, 4.69) is 26.0 Å². The van der Waals surface area contributed by atoms with Crippen molar-refractivity contribution in [3.63, 3.8) is 0 Å². The summed E-state index contributed by atoms with van der Waals surface area (Å²) in [5, 5.41) is 9.60. The van der Waals surface area contributed by atoms with Crippen molar-refractivity contribution in [1.29, 1.82) is 0 Å². The van der Waals surface area contributed by atoms with Gasteiger partial charge >= 0.3 is 11.9 Å². The molecule has 0 aliphatic carbocycles. The first-order valence-electron chi connectivity index (χ1n) is 23.2. The molecule has 0 radical (unpaired) electrons. The molecule has 1 N–H and O–H groups in total. The molecule has 5 nitrogen and oxygen atoms in total. The number of rotatable bonds is 43. The van der Waals surface area contributed by atoms with Crippen LogP contribution in [0.1, 0.15) is 258 Å². The van der Waals surface area contributed by atoms with E-state index < -0.39 is 6.10 Å². The number of hydrogen-bond donors (Lipinski definition) is 1. The van der Waals surface area contributed by atoms with Gasteiger partial charge in [0.1, 0.15) is 6.61 Å². The van der Waals surface area contributed by atoms with Gasteiger partial charge in [-0.05, 0) is 38.5 Å². The fourth-order valence-electron chi connectivity index (χ4n) is 7.02. The number of unbranched alkanes of at least 4 members (excludes halogenated alkanes) is 33. The molecule has 0 amide bonds. The van der Waals surface area contributed by atoms with Crippen LogP contribution in [-0.2, 0) is 19.1 Å². The van der Waals surface area contributed by atoms with Crippen LogP contribution in [0.3, 0.4) is 0 Å². The first kappa shape index (κ1) is 50.6. The van der Waals surface area contributed by atoms with Gasteiger partial charge in [-0.1, -0.05) is 219 Å². The normalized spacial score (nSPS) is 12.1. The molecule has 0 saturated heterocycles. The van der Waals surface area contributed by atoms with Gasteiger partial charge in [-0.15, -0.1) is 0 Å². The van der Waals surface area contributed by atoms with E-state index >= 15 is 0 Å². The molecule has 5 heteroatoms. The van der Waals surface area contributed by atoms with E-state index in [-0.39, 0.29) is 25.2 Å². The van der Waals surface area contributed by atoms with Crippen LogP contribution in [0.25, 0.3) is 0 Å². The summed E-state index contributed by atoms with van der Waals surface area (Å²) < 4.78 is 10.7. The fourth-order valence-corrected chi connectivity index (χ4v) is 7.02. The number of carbonyl (C=O) groups is 2. The molecule has 0 aliphatic heterocycles. The van der Waals surface area contributed by atoms with Crippen molar-refractivity contribution in [2.75, 3.05) is 13.2 Å². The molecule has 1 atom stereocenters. The third-order valence-corrected chi connectivity index (χ3v) is 10.6. The maximum Gasteiger partial charge on any atom is 0.306 e. The van der Waals surface area contributed by atoms with Crippen LogP contribution in [0, 0.1) is 0 Å². The first-order valence-corrected chi connectivity index (χ1v) is 23.2. The van der Waals surface area contributed by atoms with Crippen molar-refractivity contribution >= 4 is 11.9 Å². The van der Waals surface area contributed by atoms with Crippen molar-refractivity contribution in [3.8, 4) is 0 Å². The average Bonchev–Trinajstić information content (AvgIpc) is 3.15. The second kappa shape index (κ2) is 44.0. The lowest BCUT2D eigenvalue weighted by Crippen LogP contribution is -2.28. The number of carbonyl (C=O) groups excluding carboxylic acids is 2. The van der Waals surface area contributed by atoms with Gasteiger partial charge in [-0.2, -0.15) is 0 Å². The maximum atomic E-state index is 12.2. The van der Waals surface area contributed by atoms with Crippen LogP contribution in [0.2, 0.25) is 0 Å². The number of esters is 2. The second-order valence-corrected chi connectivity index (χ2v) is 15.8. The predicted molar refractivity (Wildman–Crippen MR) is 224 cm³/mol. The van der Waals surface area contributed by atoms with Crippen LogP contribution < -0.4 is 0 Å².